The van der Waals surface area contributed by atoms with Crippen LogP contribution >= 0.6 is 0 Å². The average molecular weight is 395 g/mol. The fraction of sp³-hybridized carbons (Fsp3) is 0.435. The first-order valence-electron chi connectivity index (χ1n) is 10.4. The van der Waals surface area contributed by atoms with E-state index in [0.29, 0.717) is 24.9 Å². The number of amides is 1. The van der Waals surface area contributed by atoms with Crippen LogP contribution in [0.5, 0.6) is 5.75 Å². The Morgan fingerprint density at radius 2 is 2.07 bits per heavy atom. The Morgan fingerprint density at radius 3 is 2.90 bits per heavy atom. The van der Waals surface area contributed by atoms with Crippen molar-refractivity contribution in [3.63, 3.8) is 0 Å². The summed E-state index contributed by atoms with van der Waals surface area (Å²) in [5.74, 6) is 0.545. The van der Waals surface area contributed by atoms with Gasteiger partial charge in [-0.2, -0.15) is 0 Å². The third-order valence-corrected chi connectivity index (χ3v) is 6.61. The normalized spacial score (nSPS) is 25.4. The van der Waals surface area contributed by atoms with Crippen molar-refractivity contribution in [3.05, 3.63) is 53.8 Å². The second-order valence-electron chi connectivity index (χ2n) is 8.53. The van der Waals surface area contributed by atoms with Crippen molar-refractivity contribution < 1.29 is 13.9 Å². The van der Waals surface area contributed by atoms with Crippen LogP contribution in [0.3, 0.4) is 0 Å². The number of carbonyl (C=O) groups is 1. The molecule has 2 unspecified atom stereocenters. The van der Waals surface area contributed by atoms with Gasteiger partial charge in [-0.25, -0.2) is 4.39 Å². The zero-order chi connectivity index (χ0) is 20.0. The fourth-order valence-corrected chi connectivity index (χ4v) is 5.34. The van der Waals surface area contributed by atoms with Crippen molar-refractivity contribution in [1.29, 1.82) is 0 Å². The summed E-state index contributed by atoms with van der Waals surface area (Å²) in [7, 11) is 0. The highest BCUT2D eigenvalue weighted by Crippen LogP contribution is 2.52. The predicted octanol–water partition coefficient (Wildman–Crippen LogP) is 3.40. The van der Waals surface area contributed by atoms with Gasteiger partial charge in [0, 0.05) is 31.1 Å². The minimum absolute atomic E-state index is 0.0215. The Kier molecular flexibility index (Phi) is 4.46. The maximum absolute atomic E-state index is 13.0. The fourth-order valence-electron chi connectivity index (χ4n) is 5.34. The van der Waals surface area contributed by atoms with Crippen molar-refractivity contribution in [2.24, 2.45) is 0 Å². The minimum Gasteiger partial charge on any atom is -0.494 e. The van der Waals surface area contributed by atoms with Gasteiger partial charge in [-0.05, 0) is 48.7 Å². The largest absolute Gasteiger partial charge is 0.494 e. The Bertz CT molecular complexity index is 932. The molecule has 1 N–H and O–H groups in total. The number of nitrogens with one attached hydrogen (secondary N) is 1. The van der Waals surface area contributed by atoms with E-state index < -0.39 is 0 Å². The number of rotatable bonds is 5. The molecule has 1 amide bonds. The van der Waals surface area contributed by atoms with Crippen LogP contribution in [-0.2, 0) is 10.2 Å². The highest BCUT2D eigenvalue weighted by atomic mass is 19.1. The van der Waals surface area contributed by atoms with E-state index in [4.69, 9.17) is 4.74 Å². The number of ether oxygens (including phenoxy) is 1. The molecule has 0 bridgehead atoms. The smallest absolute Gasteiger partial charge is 0.243 e. The maximum Gasteiger partial charge on any atom is 0.243 e. The summed E-state index contributed by atoms with van der Waals surface area (Å²) < 4.78 is 18.7. The number of piperidine rings is 1. The predicted molar refractivity (Wildman–Crippen MR) is 111 cm³/mol. The molecule has 3 aliphatic rings. The van der Waals surface area contributed by atoms with E-state index >= 15 is 0 Å². The van der Waals surface area contributed by atoms with Crippen LogP contribution in [0.2, 0.25) is 0 Å². The lowest BCUT2D eigenvalue weighted by Gasteiger charge is -2.45. The lowest BCUT2D eigenvalue weighted by atomic mass is 9.74. The Labute approximate surface area is 170 Å². The minimum atomic E-state index is -0.247. The third kappa shape index (κ3) is 3.15. The number of nitrogens with zero attached hydrogens (tertiary/aromatic N) is 2. The molecular formula is C23H26FN3O2. The first-order chi connectivity index (χ1) is 14.0. The molecule has 0 radical (unpaired) electrons. The molecule has 5 nitrogen and oxygen atoms in total. The van der Waals surface area contributed by atoms with Crippen LogP contribution in [0.25, 0.3) is 0 Å². The van der Waals surface area contributed by atoms with Gasteiger partial charge in [0.2, 0.25) is 5.91 Å². The van der Waals surface area contributed by atoms with Gasteiger partial charge >= 0.3 is 0 Å². The summed E-state index contributed by atoms with van der Waals surface area (Å²) in [5, 5.41) is 3.04. The Morgan fingerprint density at radius 1 is 1.24 bits per heavy atom. The van der Waals surface area contributed by atoms with E-state index in [1.54, 1.807) is 12.1 Å². The standard InChI is InChI=1S/C23H26FN3O2/c1-23-15-26(11-3-13-29-17-8-6-16(24)7-9-17)12-10-20(23)27-14-21(28)25-19-5-2-4-18(23)22(19)27/h2,4-9,20H,3,10-15H2,1H3,(H,25,28). The number of hydrogen-bond donors (Lipinski definition) is 1. The topological polar surface area (TPSA) is 44.8 Å². The summed E-state index contributed by atoms with van der Waals surface area (Å²) in [4.78, 5) is 17.0. The summed E-state index contributed by atoms with van der Waals surface area (Å²) in [6, 6.07) is 12.8. The number of fused-ring (bicyclic) bond motifs is 3. The summed E-state index contributed by atoms with van der Waals surface area (Å²) in [5.41, 5.74) is 3.55. The first kappa shape index (κ1) is 18.4. The number of anilines is 2. The summed E-state index contributed by atoms with van der Waals surface area (Å²) >= 11 is 0. The van der Waals surface area contributed by atoms with E-state index in [0.717, 1.165) is 38.2 Å². The molecule has 1 fully saturated rings. The van der Waals surface area contributed by atoms with Crippen LogP contribution in [0.4, 0.5) is 15.8 Å². The Balaban J connectivity index is 1.24. The summed E-state index contributed by atoms with van der Waals surface area (Å²) in [6.45, 7) is 6.39. The van der Waals surface area contributed by atoms with E-state index in [1.807, 2.05) is 6.07 Å². The van der Waals surface area contributed by atoms with Crippen LogP contribution in [0.1, 0.15) is 25.3 Å². The zero-order valence-corrected chi connectivity index (χ0v) is 16.7. The monoisotopic (exact) mass is 395 g/mol. The van der Waals surface area contributed by atoms with Gasteiger partial charge in [-0.15, -0.1) is 0 Å². The number of para-hydroxylation sites is 1. The number of carbonyl (C=O) groups excluding carboxylic acids is 1. The molecule has 0 saturated carbocycles. The molecule has 6 heteroatoms. The van der Waals surface area contributed by atoms with Gasteiger partial charge in [0.15, 0.2) is 0 Å². The molecule has 2 aromatic rings. The maximum atomic E-state index is 13.0. The van der Waals surface area contributed by atoms with Crippen LogP contribution in [-0.4, -0.2) is 49.6 Å². The molecule has 5 rings (SSSR count). The second kappa shape index (κ2) is 7.02. The van der Waals surface area contributed by atoms with Gasteiger partial charge in [0.25, 0.3) is 0 Å². The highest BCUT2D eigenvalue weighted by molar-refractivity contribution is 6.03. The summed E-state index contributed by atoms with van der Waals surface area (Å²) in [6.07, 6.45) is 1.98. The van der Waals surface area contributed by atoms with Gasteiger partial charge in [0.1, 0.15) is 11.6 Å². The third-order valence-electron chi connectivity index (χ3n) is 6.61. The van der Waals surface area contributed by atoms with Gasteiger partial charge in [-0.3, -0.25) is 4.79 Å². The van der Waals surface area contributed by atoms with Gasteiger partial charge < -0.3 is 19.9 Å². The average Bonchev–Trinajstić information content (AvgIpc) is 2.96. The molecule has 2 atom stereocenters. The van der Waals surface area contributed by atoms with Gasteiger partial charge in [-0.1, -0.05) is 19.1 Å². The van der Waals surface area contributed by atoms with E-state index in [9.17, 15) is 9.18 Å². The quantitative estimate of drug-likeness (QED) is 0.789. The molecule has 29 heavy (non-hydrogen) atoms. The van der Waals surface area contributed by atoms with Crippen molar-refractivity contribution >= 4 is 17.3 Å². The number of halogens is 1. The second-order valence-corrected chi connectivity index (χ2v) is 8.53. The lowest BCUT2D eigenvalue weighted by molar-refractivity contribution is -0.115. The van der Waals surface area contributed by atoms with Gasteiger partial charge in [0.05, 0.1) is 24.5 Å². The zero-order valence-electron chi connectivity index (χ0n) is 16.7. The highest BCUT2D eigenvalue weighted by Gasteiger charge is 2.52. The van der Waals surface area contributed by atoms with E-state index in [-0.39, 0.29) is 17.1 Å². The lowest BCUT2D eigenvalue weighted by Crippen LogP contribution is -2.57. The van der Waals surface area contributed by atoms with Crippen molar-refractivity contribution in [1.82, 2.24) is 4.90 Å². The molecule has 3 heterocycles. The molecule has 2 aromatic carbocycles. The molecule has 0 aliphatic carbocycles. The van der Waals surface area contributed by atoms with E-state index in [2.05, 4.69) is 34.2 Å². The first-order valence-corrected chi connectivity index (χ1v) is 10.4. The number of likely N-dealkylation sites (tertiary alicyclic amines) is 1. The van der Waals surface area contributed by atoms with Crippen LogP contribution < -0.4 is 15.0 Å². The van der Waals surface area contributed by atoms with Crippen LogP contribution in [0.15, 0.2) is 42.5 Å². The van der Waals surface area contributed by atoms with Crippen molar-refractivity contribution in [2.45, 2.75) is 31.2 Å². The molecule has 1 saturated heterocycles. The van der Waals surface area contributed by atoms with Crippen LogP contribution in [0, 0.1) is 5.82 Å². The molecule has 152 valence electrons. The molecular weight excluding hydrogens is 369 g/mol. The van der Waals surface area contributed by atoms with Crippen molar-refractivity contribution in [2.75, 3.05) is 43.0 Å². The molecule has 3 aliphatic heterocycles. The molecule has 0 aromatic heterocycles. The number of benzene rings is 2. The van der Waals surface area contributed by atoms with Crippen molar-refractivity contribution in [3.8, 4) is 5.75 Å². The Hall–Kier alpha value is -2.60. The molecule has 0 spiro atoms. The van der Waals surface area contributed by atoms with E-state index in [1.165, 1.54) is 23.4 Å². The SMILES string of the molecule is CC12CN(CCCOc3ccc(F)cc3)CCC1N1CC(=O)Nc3cccc2c31. The number of hydrogen-bond acceptors (Lipinski definition) is 4.